The predicted molar refractivity (Wildman–Crippen MR) is 63.7 cm³/mol. The van der Waals surface area contributed by atoms with E-state index in [0.29, 0.717) is 0 Å². The third-order valence-corrected chi connectivity index (χ3v) is 3.09. The Morgan fingerprint density at radius 2 is 2.25 bits per heavy atom. The standard InChI is InChI=1S/C14H17NO/c1-11-4-2-5-12(9-8-11)14-7-3-6-13(10-15)16-14/h2,5,8-9,13-14H,3-4,6-7H2,1H3. The Hall–Kier alpha value is -1.33. The minimum atomic E-state index is -0.221. The van der Waals surface area contributed by atoms with Gasteiger partial charge in [0.1, 0.15) is 6.10 Å². The molecule has 16 heavy (non-hydrogen) atoms. The van der Waals surface area contributed by atoms with Crippen LogP contribution < -0.4 is 0 Å². The van der Waals surface area contributed by atoms with Crippen molar-refractivity contribution in [3.05, 3.63) is 35.5 Å². The van der Waals surface area contributed by atoms with E-state index in [0.717, 1.165) is 25.7 Å². The predicted octanol–water partition coefficient (Wildman–Crippen LogP) is 3.28. The molecule has 2 atom stereocenters. The zero-order valence-corrected chi connectivity index (χ0v) is 9.65. The van der Waals surface area contributed by atoms with E-state index >= 15 is 0 Å². The van der Waals surface area contributed by atoms with E-state index in [9.17, 15) is 0 Å². The van der Waals surface area contributed by atoms with Crippen LogP contribution in [0, 0.1) is 11.3 Å². The highest BCUT2D eigenvalue weighted by atomic mass is 16.5. The minimum absolute atomic E-state index is 0.108. The molecule has 0 bridgehead atoms. The van der Waals surface area contributed by atoms with Gasteiger partial charge in [-0.15, -0.1) is 0 Å². The molecule has 1 fully saturated rings. The average Bonchev–Trinajstić information content (AvgIpc) is 2.54. The van der Waals surface area contributed by atoms with Gasteiger partial charge in [0.05, 0.1) is 12.2 Å². The largest absolute Gasteiger partial charge is 0.355 e. The lowest BCUT2D eigenvalue weighted by molar-refractivity contribution is 0.00152. The first-order valence-corrected chi connectivity index (χ1v) is 5.88. The lowest BCUT2D eigenvalue weighted by Gasteiger charge is -2.26. The second-order valence-corrected chi connectivity index (χ2v) is 4.46. The number of ether oxygens (including phenoxy) is 1. The highest BCUT2D eigenvalue weighted by Gasteiger charge is 2.23. The molecule has 0 amide bonds. The molecule has 84 valence electrons. The molecule has 0 saturated carbocycles. The first-order valence-electron chi connectivity index (χ1n) is 5.88. The first kappa shape index (κ1) is 11.2. The molecular formula is C14H17NO. The summed E-state index contributed by atoms with van der Waals surface area (Å²) in [6.45, 7) is 2.13. The van der Waals surface area contributed by atoms with E-state index in [1.165, 1.54) is 11.1 Å². The van der Waals surface area contributed by atoms with Crippen LogP contribution in [0.3, 0.4) is 0 Å². The molecule has 0 N–H and O–H groups in total. The van der Waals surface area contributed by atoms with E-state index in [4.69, 9.17) is 10.00 Å². The number of nitrogens with zero attached hydrogens (tertiary/aromatic N) is 1. The number of nitriles is 1. The molecule has 0 aromatic heterocycles. The lowest BCUT2D eigenvalue weighted by atomic mass is 9.98. The molecule has 1 heterocycles. The molecule has 2 rings (SSSR count). The second kappa shape index (κ2) is 5.14. The van der Waals surface area contributed by atoms with Crippen LogP contribution in [0.2, 0.25) is 0 Å². The fourth-order valence-corrected chi connectivity index (χ4v) is 2.12. The molecule has 1 aliphatic carbocycles. The Balaban J connectivity index is 2.10. The van der Waals surface area contributed by atoms with Crippen molar-refractivity contribution in [3.8, 4) is 6.07 Å². The summed E-state index contributed by atoms with van der Waals surface area (Å²) >= 11 is 0. The van der Waals surface area contributed by atoms with Gasteiger partial charge in [-0.3, -0.25) is 0 Å². The maximum Gasteiger partial charge on any atom is 0.144 e. The average molecular weight is 215 g/mol. The summed E-state index contributed by atoms with van der Waals surface area (Å²) in [6, 6.07) is 2.21. The highest BCUT2D eigenvalue weighted by molar-refractivity contribution is 5.33. The van der Waals surface area contributed by atoms with Crippen molar-refractivity contribution in [2.24, 2.45) is 0 Å². The number of hydrogen-bond acceptors (Lipinski definition) is 2. The molecule has 2 aliphatic rings. The summed E-state index contributed by atoms with van der Waals surface area (Å²) in [5.74, 6) is 0. The van der Waals surface area contributed by atoms with Crippen LogP contribution in [0.5, 0.6) is 0 Å². The fraction of sp³-hybridized carbons (Fsp3) is 0.500. The molecule has 0 spiro atoms. The van der Waals surface area contributed by atoms with Crippen LogP contribution in [-0.2, 0) is 4.74 Å². The van der Waals surface area contributed by atoms with Crippen LogP contribution in [0.1, 0.15) is 32.6 Å². The highest BCUT2D eigenvalue weighted by Crippen LogP contribution is 2.26. The normalized spacial score (nSPS) is 30.0. The van der Waals surface area contributed by atoms with Gasteiger partial charge >= 0.3 is 0 Å². The molecule has 0 aromatic carbocycles. The number of hydrogen-bond donors (Lipinski definition) is 0. The van der Waals surface area contributed by atoms with Crippen LogP contribution in [0.25, 0.3) is 0 Å². The number of rotatable bonds is 1. The van der Waals surface area contributed by atoms with Gasteiger partial charge in [-0.05, 0) is 38.2 Å². The van der Waals surface area contributed by atoms with Gasteiger partial charge in [0, 0.05) is 0 Å². The topological polar surface area (TPSA) is 33.0 Å². The molecule has 1 aliphatic heterocycles. The van der Waals surface area contributed by atoms with Gasteiger partial charge < -0.3 is 4.74 Å². The smallest absolute Gasteiger partial charge is 0.144 e. The van der Waals surface area contributed by atoms with Crippen molar-refractivity contribution in [3.63, 3.8) is 0 Å². The SMILES string of the molecule is CC1=CC=C(C2CCCC(C#N)O2)C=CC1. The van der Waals surface area contributed by atoms with Gasteiger partial charge in [-0.2, -0.15) is 5.26 Å². The van der Waals surface area contributed by atoms with Gasteiger partial charge in [0.15, 0.2) is 0 Å². The quantitative estimate of drug-likeness (QED) is 0.672. The Kier molecular flexibility index (Phi) is 3.58. The molecule has 2 unspecified atom stereocenters. The zero-order valence-electron chi connectivity index (χ0n) is 9.65. The van der Waals surface area contributed by atoms with E-state index in [1.807, 2.05) is 0 Å². The van der Waals surface area contributed by atoms with Gasteiger partial charge in [0.25, 0.3) is 0 Å². The fourth-order valence-electron chi connectivity index (χ4n) is 2.12. The van der Waals surface area contributed by atoms with Gasteiger partial charge in [-0.25, -0.2) is 0 Å². The van der Waals surface area contributed by atoms with Crippen molar-refractivity contribution in [2.75, 3.05) is 0 Å². The first-order chi connectivity index (χ1) is 7.79. The Bertz CT molecular complexity index is 384. The van der Waals surface area contributed by atoms with Crippen LogP contribution in [0.15, 0.2) is 35.5 Å². The van der Waals surface area contributed by atoms with Gasteiger partial charge in [0.2, 0.25) is 0 Å². The monoisotopic (exact) mass is 215 g/mol. The molecule has 2 nitrogen and oxygen atoms in total. The summed E-state index contributed by atoms with van der Waals surface area (Å²) in [4.78, 5) is 0. The molecule has 0 radical (unpaired) electrons. The van der Waals surface area contributed by atoms with E-state index < -0.39 is 0 Å². The zero-order chi connectivity index (χ0) is 11.4. The summed E-state index contributed by atoms with van der Waals surface area (Å²) in [6.07, 6.45) is 12.5. The molecule has 2 heteroatoms. The summed E-state index contributed by atoms with van der Waals surface area (Å²) < 4.78 is 5.76. The van der Waals surface area contributed by atoms with Crippen LogP contribution in [0.4, 0.5) is 0 Å². The molecule has 1 saturated heterocycles. The van der Waals surface area contributed by atoms with E-state index in [2.05, 4.69) is 37.3 Å². The maximum atomic E-state index is 8.88. The van der Waals surface area contributed by atoms with Crippen LogP contribution >= 0.6 is 0 Å². The van der Waals surface area contributed by atoms with Crippen molar-refractivity contribution in [1.29, 1.82) is 5.26 Å². The van der Waals surface area contributed by atoms with E-state index in [-0.39, 0.29) is 12.2 Å². The Morgan fingerprint density at radius 1 is 1.38 bits per heavy atom. The Labute approximate surface area is 96.9 Å². The van der Waals surface area contributed by atoms with Crippen molar-refractivity contribution in [1.82, 2.24) is 0 Å². The van der Waals surface area contributed by atoms with Crippen molar-refractivity contribution in [2.45, 2.75) is 44.8 Å². The molecule has 0 aromatic rings. The maximum absolute atomic E-state index is 8.88. The summed E-state index contributed by atoms with van der Waals surface area (Å²) in [5, 5.41) is 8.88. The van der Waals surface area contributed by atoms with Crippen LogP contribution in [-0.4, -0.2) is 12.2 Å². The van der Waals surface area contributed by atoms with E-state index in [1.54, 1.807) is 0 Å². The van der Waals surface area contributed by atoms with Gasteiger partial charge in [-0.1, -0.05) is 29.9 Å². The van der Waals surface area contributed by atoms with Crippen molar-refractivity contribution >= 4 is 0 Å². The Morgan fingerprint density at radius 3 is 3.06 bits per heavy atom. The third-order valence-electron chi connectivity index (χ3n) is 3.09. The second-order valence-electron chi connectivity index (χ2n) is 4.46. The number of allylic oxidation sites excluding steroid dienone is 4. The molecular weight excluding hydrogens is 198 g/mol. The summed E-state index contributed by atoms with van der Waals surface area (Å²) in [7, 11) is 0. The lowest BCUT2D eigenvalue weighted by Crippen LogP contribution is -2.27. The summed E-state index contributed by atoms with van der Waals surface area (Å²) in [5.41, 5.74) is 2.57. The minimum Gasteiger partial charge on any atom is -0.355 e. The van der Waals surface area contributed by atoms with Crippen molar-refractivity contribution < 1.29 is 4.74 Å². The third kappa shape index (κ3) is 2.62.